The summed E-state index contributed by atoms with van der Waals surface area (Å²) in [5.74, 6) is 0.989. The van der Waals surface area contributed by atoms with Crippen LogP contribution in [0.1, 0.15) is 22.0 Å². The number of carboxylic acid groups (broad SMARTS) is 1. The van der Waals surface area contributed by atoms with Crippen LogP contribution < -0.4 is 18.9 Å². The number of benzene rings is 2. The maximum absolute atomic E-state index is 11.2. The first-order valence-electron chi connectivity index (χ1n) is 7.99. The average molecular weight is 360 g/mol. The minimum absolute atomic E-state index is 0.128. The van der Waals surface area contributed by atoms with E-state index in [1.807, 2.05) is 12.1 Å². The lowest BCUT2D eigenvalue weighted by Crippen LogP contribution is -2.36. The van der Waals surface area contributed by atoms with Crippen LogP contribution in [0.15, 0.2) is 36.4 Å². The summed E-state index contributed by atoms with van der Waals surface area (Å²) in [5.41, 5.74) is 0.930. The molecule has 0 aromatic heterocycles. The number of ether oxygens (including phenoxy) is 5. The van der Waals surface area contributed by atoms with E-state index >= 15 is 0 Å². The molecule has 2 aromatic carbocycles. The third-order valence-corrected chi connectivity index (χ3v) is 4.13. The van der Waals surface area contributed by atoms with Gasteiger partial charge in [0.2, 0.25) is 0 Å². The van der Waals surface area contributed by atoms with Crippen LogP contribution in [-0.4, -0.2) is 45.1 Å². The summed E-state index contributed by atoms with van der Waals surface area (Å²) in [6.45, 7) is 0.305. The highest BCUT2D eigenvalue weighted by Crippen LogP contribution is 2.41. The summed E-state index contributed by atoms with van der Waals surface area (Å²) in [4.78, 5) is 11.2. The standard InChI is InChI=1S/C19H20O7/c1-22-10-17-18(11-4-6-13(23-2)15(8-11)24-3)26-16-9-12(19(20)21)5-7-14(16)25-17/h4-9,17-18H,10H2,1-3H3,(H,20,21)/t17-,18-/m1/s1. The van der Waals surface area contributed by atoms with E-state index in [0.717, 1.165) is 5.56 Å². The van der Waals surface area contributed by atoms with Crippen molar-refractivity contribution in [3.63, 3.8) is 0 Å². The number of fused-ring (bicyclic) bond motifs is 1. The fraction of sp³-hybridized carbons (Fsp3) is 0.316. The molecule has 2 atom stereocenters. The molecule has 0 fully saturated rings. The molecule has 1 aliphatic rings. The van der Waals surface area contributed by atoms with E-state index in [-0.39, 0.29) is 5.56 Å². The first kappa shape index (κ1) is 17.9. The van der Waals surface area contributed by atoms with Gasteiger partial charge in [0.05, 0.1) is 26.4 Å². The van der Waals surface area contributed by atoms with Gasteiger partial charge in [0.15, 0.2) is 35.2 Å². The third kappa shape index (κ3) is 3.39. The highest BCUT2D eigenvalue weighted by molar-refractivity contribution is 5.88. The summed E-state index contributed by atoms with van der Waals surface area (Å²) in [5, 5.41) is 9.18. The largest absolute Gasteiger partial charge is 0.493 e. The lowest BCUT2D eigenvalue weighted by Gasteiger charge is -2.34. The van der Waals surface area contributed by atoms with Gasteiger partial charge in [0.25, 0.3) is 0 Å². The van der Waals surface area contributed by atoms with Crippen LogP contribution in [0.3, 0.4) is 0 Å². The van der Waals surface area contributed by atoms with E-state index in [1.54, 1.807) is 33.5 Å². The van der Waals surface area contributed by atoms with Crippen molar-refractivity contribution in [2.24, 2.45) is 0 Å². The van der Waals surface area contributed by atoms with Crippen LogP contribution in [0.2, 0.25) is 0 Å². The van der Waals surface area contributed by atoms with Gasteiger partial charge in [-0.15, -0.1) is 0 Å². The van der Waals surface area contributed by atoms with Crippen molar-refractivity contribution in [3.8, 4) is 23.0 Å². The van der Waals surface area contributed by atoms with Gasteiger partial charge in [0, 0.05) is 12.7 Å². The second-order valence-electron chi connectivity index (χ2n) is 5.73. The van der Waals surface area contributed by atoms with Crippen molar-refractivity contribution in [3.05, 3.63) is 47.5 Å². The molecular weight excluding hydrogens is 340 g/mol. The van der Waals surface area contributed by atoms with Gasteiger partial charge in [-0.3, -0.25) is 0 Å². The molecule has 0 spiro atoms. The van der Waals surface area contributed by atoms with Crippen molar-refractivity contribution < 1.29 is 33.6 Å². The molecule has 1 N–H and O–H groups in total. The Morgan fingerprint density at radius 2 is 1.77 bits per heavy atom. The third-order valence-electron chi connectivity index (χ3n) is 4.13. The van der Waals surface area contributed by atoms with Crippen molar-refractivity contribution in [1.82, 2.24) is 0 Å². The van der Waals surface area contributed by atoms with Crippen molar-refractivity contribution >= 4 is 5.97 Å². The van der Waals surface area contributed by atoms with Gasteiger partial charge in [0.1, 0.15) is 0 Å². The van der Waals surface area contributed by atoms with Gasteiger partial charge in [-0.05, 0) is 30.3 Å². The molecule has 7 heteroatoms. The Morgan fingerprint density at radius 1 is 1.00 bits per heavy atom. The molecule has 0 bridgehead atoms. The highest BCUT2D eigenvalue weighted by atomic mass is 16.6. The second kappa shape index (κ2) is 7.53. The predicted molar refractivity (Wildman–Crippen MR) is 92.6 cm³/mol. The second-order valence-corrected chi connectivity index (χ2v) is 5.73. The summed E-state index contributed by atoms with van der Waals surface area (Å²) in [6, 6.07) is 9.96. The van der Waals surface area contributed by atoms with E-state index in [1.165, 1.54) is 12.1 Å². The molecule has 0 radical (unpaired) electrons. The SMILES string of the molecule is COC[C@H]1Oc2ccc(C(=O)O)cc2O[C@@H]1c1ccc(OC)c(OC)c1. The summed E-state index contributed by atoms with van der Waals surface area (Å²) >= 11 is 0. The molecule has 1 aliphatic heterocycles. The van der Waals surface area contributed by atoms with Gasteiger partial charge >= 0.3 is 5.97 Å². The fourth-order valence-electron chi connectivity index (χ4n) is 2.87. The molecule has 0 unspecified atom stereocenters. The Labute approximate surface area is 151 Å². The van der Waals surface area contributed by atoms with Crippen LogP contribution in [0.4, 0.5) is 0 Å². The van der Waals surface area contributed by atoms with E-state index in [9.17, 15) is 9.90 Å². The highest BCUT2D eigenvalue weighted by Gasteiger charge is 2.34. The van der Waals surface area contributed by atoms with Gasteiger partial charge in [-0.2, -0.15) is 0 Å². The normalized spacial score (nSPS) is 18.3. The van der Waals surface area contributed by atoms with Crippen molar-refractivity contribution in [2.45, 2.75) is 12.2 Å². The fourth-order valence-corrected chi connectivity index (χ4v) is 2.87. The number of hydrogen-bond acceptors (Lipinski definition) is 6. The topological polar surface area (TPSA) is 83.5 Å². The Kier molecular flexibility index (Phi) is 5.18. The monoisotopic (exact) mass is 360 g/mol. The van der Waals surface area contributed by atoms with Crippen LogP contribution in [0, 0.1) is 0 Å². The van der Waals surface area contributed by atoms with Gasteiger partial charge in [-0.1, -0.05) is 6.07 Å². The molecule has 138 valence electrons. The minimum atomic E-state index is -1.03. The molecule has 0 aliphatic carbocycles. The molecule has 0 saturated heterocycles. The number of aromatic carboxylic acids is 1. The van der Waals surface area contributed by atoms with Crippen molar-refractivity contribution in [1.29, 1.82) is 0 Å². The van der Waals surface area contributed by atoms with Gasteiger partial charge in [-0.25, -0.2) is 4.79 Å². The first-order valence-corrected chi connectivity index (χ1v) is 7.99. The minimum Gasteiger partial charge on any atom is -0.493 e. The lowest BCUT2D eigenvalue weighted by molar-refractivity contribution is -0.0240. The smallest absolute Gasteiger partial charge is 0.335 e. The summed E-state index contributed by atoms with van der Waals surface area (Å²) in [7, 11) is 4.70. The molecule has 3 rings (SSSR count). The van der Waals surface area contributed by atoms with E-state index in [2.05, 4.69) is 0 Å². The zero-order chi connectivity index (χ0) is 18.7. The van der Waals surface area contributed by atoms with E-state index in [4.69, 9.17) is 23.7 Å². The van der Waals surface area contributed by atoms with Crippen LogP contribution in [0.25, 0.3) is 0 Å². The Hall–Kier alpha value is -2.93. The van der Waals surface area contributed by atoms with Crippen molar-refractivity contribution in [2.75, 3.05) is 27.9 Å². The van der Waals surface area contributed by atoms with Crippen LogP contribution in [0.5, 0.6) is 23.0 Å². The maximum Gasteiger partial charge on any atom is 0.335 e. The number of hydrogen-bond donors (Lipinski definition) is 1. The van der Waals surface area contributed by atoms with Gasteiger partial charge < -0.3 is 28.8 Å². The Balaban J connectivity index is 1.99. The molecule has 2 aromatic rings. The molecule has 26 heavy (non-hydrogen) atoms. The number of carboxylic acids is 1. The molecular formula is C19H20O7. The number of carbonyl (C=O) groups is 1. The zero-order valence-electron chi connectivity index (χ0n) is 14.7. The molecule has 0 amide bonds. The van der Waals surface area contributed by atoms with E-state index < -0.39 is 18.2 Å². The first-order chi connectivity index (χ1) is 12.6. The zero-order valence-corrected chi connectivity index (χ0v) is 14.7. The maximum atomic E-state index is 11.2. The number of rotatable bonds is 6. The number of methoxy groups -OCH3 is 3. The quantitative estimate of drug-likeness (QED) is 0.848. The van der Waals surface area contributed by atoms with Crippen LogP contribution in [-0.2, 0) is 4.74 Å². The van der Waals surface area contributed by atoms with Crippen LogP contribution >= 0.6 is 0 Å². The Morgan fingerprint density at radius 3 is 2.42 bits per heavy atom. The molecule has 0 saturated carbocycles. The molecule has 1 heterocycles. The lowest BCUT2D eigenvalue weighted by atomic mass is 10.0. The summed E-state index contributed by atoms with van der Waals surface area (Å²) in [6.07, 6.45) is -0.896. The Bertz CT molecular complexity index is 802. The van der Waals surface area contributed by atoms with E-state index in [0.29, 0.717) is 29.6 Å². The average Bonchev–Trinajstić information content (AvgIpc) is 2.66. The summed E-state index contributed by atoms with van der Waals surface area (Å²) < 4.78 is 27.9. The molecule has 7 nitrogen and oxygen atoms in total. The predicted octanol–water partition coefficient (Wildman–Crippen LogP) is 2.93.